The van der Waals surface area contributed by atoms with E-state index in [4.69, 9.17) is 0 Å². The third-order valence-electron chi connectivity index (χ3n) is 2.20. The Morgan fingerprint density at radius 2 is 1.73 bits per heavy atom. The van der Waals surface area contributed by atoms with Crippen molar-refractivity contribution in [2.24, 2.45) is 10.4 Å². The van der Waals surface area contributed by atoms with E-state index in [0.717, 1.165) is 17.0 Å². The van der Waals surface area contributed by atoms with Crippen LogP contribution in [0, 0.1) is 5.41 Å². The van der Waals surface area contributed by atoms with E-state index >= 15 is 0 Å². The summed E-state index contributed by atoms with van der Waals surface area (Å²) < 4.78 is 0. The molecule has 0 aliphatic heterocycles. The summed E-state index contributed by atoms with van der Waals surface area (Å²) in [5.41, 5.74) is 3.36. The quantitative estimate of drug-likeness (QED) is 0.514. The van der Waals surface area contributed by atoms with E-state index in [2.05, 4.69) is 43.3 Å². The first-order valence-electron chi connectivity index (χ1n) is 5.22. The Morgan fingerprint density at radius 1 is 1.27 bits per heavy atom. The van der Waals surface area contributed by atoms with Crippen LogP contribution in [0.3, 0.4) is 0 Å². The molecule has 0 aromatic carbocycles. The lowest BCUT2D eigenvalue weighted by molar-refractivity contribution is 0.520. The normalized spacial score (nSPS) is 14.1. The molecule has 0 aliphatic carbocycles. The van der Waals surface area contributed by atoms with Gasteiger partial charge in [0, 0.05) is 38.0 Å². The average molecular weight is 208 g/mol. The second-order valence-electron chi connectivity index (χ2n) is 5.06. The zero-order chi connectivity index (χ0) is 12.2. The van der Waals surface area contributed by atoms with Crippen molar-refractivity contribution in [2.45, 2.75) is 27.7 Å². The van der Waals surface area contributed by atoms with Crippen LogP contribution >= 0.6 is 0 Å². The Labute approximate surface area is 94.4 Å². The van der Waals surface area contributed by atoms with Crippen LogP contribution in [0.5, 0.6) is 0 Å². The summed E-state index contributed by atoms with van der Waals surface area (Å²) >= 11 is 0. The Kier molecular flexibility index (Phi) is 4.79. The topological polar surface area (TPSA) is 15.6 Å². The van der Waals surface area contributed by atoms with Crippen LogP contribution in [0.25, 0.3) is 0 Å². The maximum atomic E-state index is 4.34. The SMILES string of the molecule is C=C(C)/C(=C/C(=N/C)C(C)(C)C)N(C)C. The van der Waals surface area contributed by atoms with Crippen molar-refractivity contribution >= 4 is 5.71 Å². The van der Waals surface area contributed by atoms with Crippen LogP contribution < -0.4 is 0 Å². The van der Waals surface area contributed by atoms with Gasteiger partial charge in [-0.15, -0.1) is 0 Å². The van der Waals surface area contributed by atoms with Crippen LogP contribution in [0.15, 0.2) is 28.9 Å². The molecule has 0 amide bonds. The number of aliphatic imine (C=N–C) groups is 1. The molecule has 15 heavy (non-hydrogen) atoms. The van der Waals surface area contributed by atoms with Crippen molar-refractivity contribution in [2.75, 3.05) is 21.1 Å². The predicted octanol–water partition coefficient (Wildman–Crippen LogP) is 3.12. The second-order valence-corrected chi connectivity index (χ2v) is 5.06. The van der Waals surface area contributed by atoms with Gasteiger partial charge in [-0.25, -0.2) is 0 Å². The fraction of sp³-hybridized carbons (Fsp3) is 0.615. The summed E-state index contributed by atoms with van der Waals surface area (Å²) in [6.45, 7) is 12.5. The van der Waals surface area contributed by atoms with Crippen LogP contribution in [-0.4, -0.2) is 31.8 Å². The molecule has 0 N–H and O–H groups in total. The Morgan fingerprint density at radius 3 is 1.93 bits per heavy atom. The molecule has 0 aromatic heterocycles. The second kappa shape index (κ2) is 5.15. The average Bonchev–Trinajstić information content (AvgIpc) is 2.01. The molecular weight excluding hydrogens is 184 g/mol. The first-order chi connectivity index (χ1) is 6.70. The summed E-state index contributed by atoms with van der Waals surface area (Å²) in [7, 11) is 5.88. The Bertz CT molecular complexity index is 288. The highest BCUT2D eigenvalue weighted by Gasteiger charge is 2.17. The molecule has 0 heterocycles. The van der Waals surface area contributed by atoms with Crippen molar-refractivity contribution < 1.29 is 0 Å². The smallest absolute Gasteiger partial charge is 0.0418 e. The van der Waals surface area contributed by atoms with Gasteiger partial charge in [-0.1, -0.05) is 27.4 Å². The van der Waals surface area contributed by atoms with Gasteiger partial charge in [0.25, 0.3) is 0 Å². The summed E-state index contributed by atoms with van der Waals surface area (Å²) in [6.07, 6.45) is 2.11. The molecule has 0 atom stereocenters. The Balaban J connectivity index is 5.23. The van der Waals surface area contributed by atoms with Gasteiger partial charge in [0.1, 0.15) is 0 Å². The van der Waals surface area contributed by atoms with Gasteiger partial charge in [0.05, 0.1) is 0 Å². The highest BCUT2D eigenvalue weighted by Crippen LogP contribution is 2.20. The third-order valence-corrected chi connectivity index (χ3v) is 2.20. The van der Waals surface area contributed by atoms with Gasteiger partial charge in [0.2, 0.25) is 0 Å². The van der Waals surface area contributed by atoms with Gasteiger partial charge < -0.3 is 4.90 Å². The van der Waals surface area contributed by atoms with E-state index in [-0.39, 0.29) is 5.41 Å². The van der Waals surface area contributed by atoms with Crippen molar-refractivity contribution in [1.82, 2.24) is 4.90 Å². The summed E-state index contributed by atoms with van der Waals surface area (Å²) in [5.74, 6) is 0. The minimum atomic E-state index is 0.0749. The van der Waals surface area contributed by atoms with Crippen LogP contribution in [-0.2, 0) is 0 Å². The van der Waals surface area contributed by atoms with Crippen molar-refractivity contribution in [1.29, 1.82) is 0 Å². The first-order valence-corrected chi connectivity index (χ1v) is 5.22. The zero-order valence-electron chi connectivity index (χ0n) is 11.2. The third kappa shape index (κ3) is 4.32. The van der Waals surface area contributed by atoms with E-state index < -0.39 is 0 Å². The molecule has 2 heteroatoms. The number of nitrogens with zero attached hydrogens (tertiary/aromatic N) is 2. The molecule has 0 saturated heterocycles. The fourth-order valence-electron chi connectivity index (χ4n) is 1.38. The standard InChI is InChI=1S/C13H24N2/c1-10(2)11(15(7)8)9-12(14-6)13(3,4)5/h9H,1H2,2-8H3/b11-9-,14-12-. The molecule has 0 bridgehead atoms. The van der Waals surface area contributed by atoms with Crippen LogP contribution in [0.1, 0.15) is 27.7 Å². The molecule has 0 aromatic rings. The highest BCUT2D eigenvalue weighted by atomic mass is 15.1. The fourth-order valence-corrected chi connectivity index (χ4v) is 1.38. The number of hydrogen-bond donors (Lipinski definition) is 0. The molecular formula is C13H24N2. The minimum Gasteiger partial charge on any atom is -0.377 e. The van der Waals surface area contributed by atoms with E-state index in [1.165, 1.54) is 0 Å². The maximum absolute atomic E-state index is 4.34. The summed E-state index contributed by atoms with van der Waals surface area (Å²) in [4.78, 5) is 6.41. The van der Waals surface area contributed by atoms with Gasteiger partial charge in [0.15, 0.2) is 0 Å². The van der Waals surface area contributed by atoms with Gasteiger partial charge >= 0.3 is 0 Å². The van der Waals surface area contributed by atoms with E-state index in [1.54, 1.807) is 0 Å². The molecule has 0 fully saturated rings. The molecule has 2 nitrogen and oxygen atoms in total. The van der Waals surface area contributed by atoms with E-state index in [1.807, 2.05) is 28.1 Å². The van der Waals surface area contributed by atoms with E-state index in [9.17, 15) is 0 Å². The Hall–Kier alpha value is -1.05. The first kappa shape index (κ1) is 13.9. The molecule has 0 rings (SSSR count). The van der Waals surface area contributed by atoms with Gasteiger partial charge in [-0.2, -0.15) is 0 Å². The lowest BCUT2D eigenvalue weighted by Crippen LogP contribution is -2.21. The van der Waals surface area contributed by atoms with Crippen molar-refractivity contribution in [3.05, 3.63) is 23.9 Å². The van der Waals surface area contributed by atoms with Crippen molar-refractivity contribution in [3.63, 3.8) is 0 Å². The molecule has 0 unspecified atom stereocenters. The van der Waals surface area contributed by atoms with Crippen LogP contribution in [0.4, 0.5) is 0 Å². The molecule has 0 saturated carbocycles. The highest BCUT2D eigenvalue weighted by molar-refractivity contribution is 5.99. The summed E-state index contributed by atoms with van der Waals surface area (Å²) in [6, 6.07) is 0. The monoisotopic (exact) mass is 208 g/mol. The lowest BCUT2D eigenvalue weighted by atomic mass is 9.89. The van der Waals surface area contributed by atoms with Gasteiger partial charge in [-0.3, -0.25) is 4.99 Å². The van der Waals surface area contributed by atoms with Crippen molar-refractivity contribution in [3.8, 4) is 0 Å². The maximum Gasteiger partial charge on any atom is 0.0418 e. The number of likely N-dealkylation sites (N-methyl/N-ethyl adjacent to an activating group) is 1. The molecule has 0 radical (unpaired) electrons. The zero-order valence-corrected chi connectivity index (χ0v) is 11.2. The largest absolute Gasteiger partial charge is 0.377 e. The molecule has 0 spiro atoms. The lowest BCUT2D eigenvalue weighted by Gasteiger charge is -2.23. The minimum absolute atomic E-state index is 0.0749. The molecule has 0 aliphatic rings. The predicted molar refractivity (Wildman–Crippen MR) is 69.4 cm³/mol. The molecule has 86 valence electrons. The number of allylic oxidation sites excluding steroid dienone is 2. The van der Waals surface area contributed by atoms with Gasteiger partial charge in [-0.05, 0) is 18.6 Å². The number of hydrogen-bond acceptors (Lipinski definition) is 2. The van der Waals surface area contributed by atoms with Crippen LogP contribution in [0.2, 0.25) is 0 Å². The van der Waals surface area contributed by atoms with E-state index in [0.29, 0.717) is 0 Å². The number of rotatable bonds is 3. The summed E-state index contributed by atoms with van der Waals surface area (Å²) in [5, 5.41) is 0.